The molecule has 1 aromatic carbocycles. The molecule has 0 unspecified atom stereocenters. The van der Waals surface area contributed by atoms with E-state index in [2.05, 4.69) is 58.6 Å². The number of amides is 1. The van der Waals surface area contributed by atoms with Gasteiger partial charge in [0.1, 0.15) is 25.6 Å². The molecule has 0 aliphatic rings. The summed E-state index contributed by atoms with van der Waals surface area (Å²) in [6.45, 7) is 14.9. The van der Waals surface area contributed by atoms with E-state index >= 15 is 0 Å². The number of carbonyl (C=O) groups excluding carboxylic acids is 2. The van der Waals surface area contributed by atoms with Crippen molar-refractivity contribution in [1.82, 2.24) is 5.32 Å². The maximum atomic E-state index is 11.5. The first kappa shape index (κ1) is 24.3. The van der Waals surface area contributed by atoms with Gasteiger partial charge in [0.05, 0.1) is 6.54 Å². The second-order valence-electron chi connectivity index (χ2n) is 7.21. The number of alkyl carbamates (subject to hydrolysis) is 1. The minimum atomic E-state index is -0.588. The molecular weight excluding hydrogens is 370 g/mol. The van der Waals surface area contributed by atoms with Crippen LogP contribution in [0.1, 0.15) is 40.2 Å². The average molecular weight is 404 g/mol. The molecule has 0 spiro atoms. The van der Waals surface area contributed by atoms with E-state index in [0.29, 0.717) is 11.8 Å². The Bertz CT molecular complexity index is 704. The van der Waals surface area contributed by atoms with Crippen LogP contribution in [0.3, 0.4) is 0 Å². The summed E-state index contributed by atoms with van der Waals surface area (Å²) in [7, 11) is 0. The fourth-order valence-electron chi connectivity index (χ4n) is 2.77. The number of hydrogen-bond acceptors (Lipinski definition) is 5. The van der Waals surface area contributed by atoms with Crippen molar-refractivity contribution in [2.45, 2.75) is 34.6 Å². The zero-order valence-corrected chi connectivity index (χ0v) is 18.1. The molecule has 29 heavy (non-hydrogen) atoms. The first-order valence-corrected chi connectivity index (χ1v) is 9.90. The highest BCUT2D eigenvalue weighted by molar-refractivity contribution is 5.81. The molecule has 0 atom stereocenters. The number of carbonyl (C=O) groups is 2. The zero-order valence-electron chi connectivity index (χ0n) is 18.1. The maximum Gasteiger partial charge on any atom is 0.407 e. The van der Waals surface area contributed by atoms with Crippen molar-refractivity contribution in [3.05, 3.63) is 48.1 Å². The Hall–Kier alpha value is -2.76. The summed E-state index contributed by atoms with van der Waals surface area (Å²) in [5.41, 5.74) is 3.96. The SMILES string of the molecule is C=CC(=O)OCCNC(=O)OCCOc1ccc(/C(=C(/C)C(C)C)C(C)C)cc1. The number of benzene rings is 1. The molecule has 6 nitrogen and oxygen atoms in total. The highest BCUT2D eigenvalue weighted by atomic mass is 16.6. The lowest BCUT2D eigenvalue weighted by Gasteiger charge is -2.19. The van der Waals surface area contributed by atoms with Crippen LogP contribution in [0.4, 0.5) is 4.79 Å². The first-order chi connectivity index (χ1) is 13.8. The Morgan fingerprint density at radius 3 is 2.21 bits per heavy atom. The normalized spacial score (nSPS) is 11.7. The van der Waals surface area contributed by atoms with Crippen molar-refractivity contribution < 1.29 is 23.8 Å². The molecule has 0 saturated heterocycles. The zero-order chi connectivity index (χ0) is 21.8. The minimum absolute atomic E-state index is 0.0614. The van der Waals surface area contributed by atoms with E-state index in [9.17, 15) is 9.59 Å². The van der Waals surface area contributed by atoms with Gasteiger partial charge in [0.25, 0.3) is 0 Å². The molecule has 6 heteroatoms. The van der Waals surface area contributed by atoms with Crippen molar-refractivity contribution in [2.24, 2.45) is 11.8 Å². The molecule has 0 bridgehead atoms. The van der Waals surface area contributed by atoms with Gasteiger partial charge in [-0.3, -0.25) is 0 Å². The Labute approximate surface area is 173 Å². The second kappa shape index (κ2) is 12.6. The second-order valence-corrected chi connectivity index (χ2v) is 7.21. The van der Waals surface area contributed by atoms with Crippen LogP contribution < -0.4 is 10.1 Å². The molecule has 160 valence electrons. The number of esters is 1. The number of ether oxygens (including phenoxy) is 3. The van der Waals surface area contributed by atoms with Gasteiger partial charge < -0.3 is 19.5 Å². The lowest BCUT2D eigenvalue weighted by Crippen LogP contribution is -2.29. The molecule has 0 heterocycles. The quantitative estimate of drug-likeness (QED) is 0.332. The number of nitrogens with one attached hydrogen (secondary N) is 1. The Kier molecular flexibility index (Phi) is 10.6. The largest absolute Gasteiger partial charge is 0.490 e. The fourth-order valence-corrected chi connectivity index (χ4v) is 2.77. The summed E-state index contributed by atoms with van der Waals surface area (Å²) in [4.78, 5) is 22.4. The monoisotopic (exact) mass is 403 g/mol. The van der Waals surface area contributed by atoms with Crippen molar-refractivity contribution in [1.29, 1.82) is 0 Å². The summed E-state index contributed by atoms with van der Waals surface area (Å²) >= 11 is 0. The van der Waals surface area contributed by atoms with E-state index in [4.69, 9.17) is 14.2 Å². The summed E-state index contributed by atoms with van der Waals surface area (Å²) in [6.07, 6.45) is 0.475. The number of allylic oxidation sites excluding steroid dienone is 2. The van der Waals surface area contributed by atoms with Crippen LogP contribution in [-0.4, -0.2) is 38.4 Å². The Balaban J connectivity index is 2.41. The van der Waals surface area contributed by atoms with E-state index in [1.54, 1.807) is 0 Å². The summed E-state index contributed by atoms with van der Waals surface area (Å²) in [5.74, 6) is 1.13. The van der Waals surface area contributed by atoms with Crippen LogP contribution in [0.5, 0.6) is 5.75 Å². The molecule has 0 aliphatic carbocycles. The number of hydrogen-bond donors (Lipinski definition) is 1. The molecule has 1 aromatic rings. The van der Waals surface area contributed by atoms with Gasteiger partial charge in [-0.2, -0.15) is 0 Å². The van der Waals surface area contributed by atoms with Crippen LogP contribution >= 0.6 is 0 Å². The molecule has 1 N–H and O–H groups in total. The third kappa shape index (κ3) is 8.85. The van der Waals surface area contributed by atoms with Crippen molar-refractivity contribution in [3.8, 4) is 5.75 Å². The first-order valence-electron chi connectivity index (χ1n) is 9.90. The minimum Gasteiger partial charge on any atom is -0.490 e. The van der Waals surface area contributed by atoms with E-state index in [0.717, 1.165) is 11.8 Å². The van der Waals surface area contributed by atoms with Gasteiger partial charge in [0.15, 0.2) is 0 Å². The molecule has 0 aliphatic heterocycles. The van der Waals surface area contributed by atoms with Gasteiger partial charge in [-0.1, -0.05) is 52.0 Å². The van der Waals surface area contributed by atoms with Crippen LogP contribution in [-0.2, 0) is 14.3 Å². The highest BCUT2D eigenvalue weighted by Crippen LogP contribution is 2.31. The van der Waals surface area contributed by atoms with Crippen molar-refractivity contribution in [3.63, 3.8) is 0 Å². The molecule has 0 saturated carbocycles. The van der Waals surface area contributed by atoms with Gasteiger partial charge in [0, 0.05) is 6.08 Å². The van der Waals surface area contributed by atoms with E-state index < -0.39 is 12.1 Å². The van der Waals surface area contributed by atoms with E-state index in [-0.39, 0.29) is 26.4 Å². The maximum absolute atomic E-state index is 11.5. The Morgan fingerprint density at radius 1 is 1.00 bits per heavy atom. The topological polar surface area (TPSA) is 73.9 Å². The molecule has 0 fully saturated rings. The van der Waals surface area contributed by atoms with Crippen LogP contribution in [0, 0.1) is 11.8 Å². The highest BCUT2D eigenvalue weighted by Gasteiger charge is 2.12. The standard InChI is InChI=1S/C23H33NO5/c1-7-21(25)28-13-12-24-23(26)29-15-14-27-20-10-8-19(9-11-20)22(17(4)5)18(6)16(2)3/h7-11,16-17H,1,12-15H2,2-6H3,(H,24,26)/b22-18-. The Morgan fingerprint density at radius 2 is 1.66 bits per heavy atom. The molecule has 1 rings (SSSR count). The number of rotatable bonds is 11. The lowest BCUT2D eigenvalue weighted by molar-refractivity contribution is -0.137. The van der Waals surface area contributed by atoms with Crippen LogP contribution in [0.15, 0.2) is 42.5 Å². The molecule has 0 aromatic heterocycles. The van der Waals surface area contributed by atoms with Gasteiger partial charge in [-0.25, -0.2) is 9.59 Å². The third-order valence-corrected chi connectivity index (χ3v) is 4.40. The third-order valence-electron chi connectivity index (χ3n) is 4.40. The lowest BCUT2D eigenvalue weighted by atomic mass is 9.87. The predicted molar refractivity (Wildman–Crippen MR) is 115 cm³/mol. The van der Waals surface area contributed by atoms with Crippen molar-refractivity contribution in [2.75, 3.05) is 26.4 Å². The predicted octanol–water partition coefficient (Wildman–Crippen LogP) is 4.61. The van der Waals surface area contributed by atoms with Gasteiger partial charge in [-0.15, -0.1) is 0 Å². The smallest absolute Gasteiger partial charge is 0.407 e. The van der Waals surface area contributed by atoms with Crippen molar-refractivity contribution >= 4 is 17.6 Å². The summed E-state index contributed by atoms with van der Waals surface area (Å²) < 4.78 is 15.4. The summed E-state index contributed by atoms with van der Waals surface area (Å²) in [5, 5.41) is 2.48. The summed E-state index contributed by atoms with van der Waals surface area (Å²) in [6, 6.07) is 7.99. The molecular formula is C23H33NO5. The van der Waals surface area contributed by atoms with Crippen LogP contribution in [0.2, 0.25) is 0 Å². The van der Waals surface area contributed by atoms with Gasteiger partial charge in [0.2, 0.25) is 0 Å². The fraction of sp³-hybridized carbons (Fsp3) is 0.478. The average Bonchev–Trinajstić information content (AvgIpc) is 2.69. The van der Waals surface area contributed by atoms with E-state index in [1.165, 1.54) is 16.7 Å². The van der Waals surface area contributed by atoms with Gasteiger partial charge >= 0.3 is 12.1 Å². The van der Waals surface area contributed by atoms with Crippen LogP contribution in [0.25, 0.3) is 5.57 Å². The van der Waals surface area contributed by atoms with E-state index in [1.807, 2.05) is 12.1 Å². The molecule has 1 amide bonds. The van der Waals surface area contributed by atoms with Gasteiger partial charge in [-0.05, 0) is 42.0 Å². The molecule has 0 radical (unpaired) electrons.